The summed E-state index contributed by atoms with van der Waals surface area (Å²) in [6, 6.07) is 9.58. The zero-order chi connectivity index (χ0) is 18.4. The Hall–Kier alpha value is -2.40. The summed E-state index contributed by atoms with van der Waals surface area (Å²) in [4.78, 5) is 25.7. The molecule has 5 heteroatoms. The Morgan fingerprint density at radius 1 is 1.24 bits per heavy atom. The smallest absolute Gasteiger partial charge is 0.341 e. The number of hydrogen-bond donors (Lipinski definition) is 1. The number of carbonyl (C=O) groups is 2. The summed E-state index contributed by atoms with van der Waals surface area (Å²) in [6.45, 7) is 7.56. The van der Waals surface area contributed by atoms with Crippen molar-refractivity contribution in [2.24, 2.45) is 0 Å². The number of amides is 1. The highest BCUT2D eigenvalue weighted by Gasteiger charge is 2.23. The molecule has 2 aromatic rings. The molecule has 1 N–H and O–H groups in total. The summed E-state index contributed by atoms with van der Waals surface area (Å²) in [5.74, 6) is -0.662. The Balaban J connectivity index is 2.22. The molecule has 0 bridgehead atoms. The van der Waals surface area contributed by atoms with Crippen molar-refractivity contribution in [2.45, 2.75) is 40.2 Å². The fourth-order valence-electron chi connectivity index (χ4n) is 2.47. The van der Waals surface area contributed by atoms with Gasteiger partial charge in [-0.05, 0) is 44.4 Å². The lowest BCUT2D eigenvalue weighted by Gasteiger charge is -2.10. The molecule has 0 saturated carbocycles. The van der Waals surface area contributed by atoms with E-state index in [1.165, 1.54) is 17.4 Å². The van der Waals surface area contributed by atoms with Gasteiger partial charge in [-0.15, -0.1) is 11.3 Å². The lowest BCUT2D eigenvalue weighted by molar-refractivity contribution is -0.111. The maximum Gasteiger partial charge on any atom is 0.341 e. The van der Waals surface area contributed by atoms with Crippen molar-refractivity contribution in [3.63, 3.8) is 0 Å². The van der Waals surface area contributed by atoms with Crippen molar-refractivity contribution in [2.75, 3.05) is 5.32 Å². The molecular weight excluding hydrogens is 334 g/mol. The van der Waals surface area contributed by atoms with Gasteiger partial charge in [-0.25, -0.2) is 4.79 Å². The van der Waals surface area contributed by atoms with E-state index in [1.54, 1.807) is 6.08 Å². The third-order valence-electron chi connectivity index (χ3n) is 3.57. The summed E-state index contributed by atoms with van der Waals surface area (Å²) in [5.41, 5.74) is 2.34. The van der Waals surface area contributed by atoms with Crippen LogP contribution in [0.3, 0.4) is 0 Å². The molecule has 1 aromatic heterocycles. The lowest BCUT2D eigenvalue weighted by Crippen LogP contribution is -2.16. The minimum atomic E-state index is -0.390. The van der Waals surface area contributed by atoms with Crippen LogP contribution in [0.15, 0.2) is 36.4 Å². The normalized spacial score (nSPS) is 11.1. The minimum absolute atomic E-state index is 0.209. The fraction of sp³-hybridized carbons (Fsp3) is 0.300. The molecule has 2 rings (SSSR count). The molecule has 0 saturated heterocycles. The number of esters is 1. The van der Waals surface area contributed by atoms with Gasteiger partial charge >= 0.3 is 5.97 Å². The maximum absolute atomic E-state index is 12.4. The molecule has 1 amide bonds. The van der Waals surface area contributed by atoms with Crippen molar-refractivity contribution in [3.05, 3.63) is 58.0 Å². The van der Waals surface area contributed by atoms with Crippen molar-refractivity contribution < 1.29 is 14.3 Å². The van der Waals surface area contributed by atoms with Crippen LogP contribution in [0, 0.1) is 6.92 Å². The van der Waals surface area contributed by atoms with Crippen LogP contribution in [-0.2, 0) is 16.0 Å². The summed E-state index contributed by atoms with van der Waals surface area (Å²) in [5, 5.41) is 3.37. The first kappa shape index (κ1) is 18.9. The first-order chi connectivity index (χ1) is 11.9. The Bertz CT molecular complexity index is 776. The van der Waals surface area contributed by atoms with E-state index in [9.17, 15) is 9.59 Å². The summed E-state index contributed by atoms with van der Waals surface area (Å²) >= 11 is 1.40. The zero-order valence-corrected chi connectivity index (χ0v) is 15.8. The van der Waals surface area contributed by atoms with Gasteiger partial charge in [0.25, 0.3) is 0 Å². The van der Waals surface area contributed by atoms with E-state index in [1.807, 2.05) is 58.0 Å². The van der Waals surface area contributed by atoms with Gasteiger partial charge in [0.05, 0.1) is 11.7 Å². The van der Waals surface area contributed by atoms with Gasteiger partial charge in [0.1, 0.15) is 5.00 Å². The van der Waals surface area contributed by atoms with Crippen LogP contribution in [0.4, 0.5) is 5.00 Å². The standard InChI is InChI=1S/C20H23NO3S/c1-5-16-14(4)25-19(18(16)20(23)24-13(2)3)21-17(22)12-11-15-9-7-6-8-10-15/h6-13H,5H2,1-4H3,(H,21,22)/b12-11+. The van der Waals surface area contributed by atoms with Gasteiger partial charge in [0.15, 0.2) is 0 Å². The molecule has 0 spiro atoms. The second kappa shape index (κ2) is 8.62. The summed E-state index contributed by atoms with van der Waals surface area (Å²) in [7, 11) is 0. The van der Waals surface area contributed by atoms with Gasteiger partial charge in [0.2, 0.25) is 5.91 Å². The Kier molecular flexibility index (Phi) is 6.53. The molecule has 1 aromatic carbocycles. The van der Waals surface area contributed by atoms with Crippen LogP contribution in [0.5, 0.6) is 0 Å². The second-order valence-electron chi connectivity index (χ2n) is 5.88. The van der Waals surface area contributed by atoms with E-state index < -0.39 is 5.97 Å². The van der Waals surface area contributed by atoms with Gasteiger partial charge < -0.3 is 10.1 Å². The van der Waals surface area contributed by atoms with Crippen molar-refractivity contribution in [3.8, 4) is 0 Å². The largest absolute Gasteiger partial charge is 0.459 e. The van der Waals surface area contributed by atoms with Crippen molar-refractivity contribution >= 4 is 34.3 Å². The lowest BCUT2D eigenvalue weighted by atomic mass is 10.1. The molecule has 0 unspecified atom stereocenters. The average Bonchev–Trinajstić information content (AvgIpc) is 2.88. The number of aryl methyl sites for hydroxylation is 1. The summed E-state index contributed by atoms with van der Waals surface area (Å²) < 4.78 is 5.34. The molecule has 0 radical (unpaired) electrons. The number of benzene rings is 1. The predicted octanol–water partition coefficient (Wildman–Crippen LogP) is 4.84. The van der Waals surface area contributed by atoms with Crippen LogP contribution in [0.1, 0.15) is 47.1 Å². The van der Waals surface area contributed by atoms with Gasteiger partial charge in [-0.1, -0.05) is 37.3 Å². The van der Waals surface area contributed by atoms with E-state index >= 15 is 0 Å². The van der Waals surface area contributed by atoms with E-state index in [2.05, 4.69) is 5.32 Å². The van der Waals surface area contributed by atoms with E-state index in [4.69, 9.17) is 4.74 Å². The fourth-order valence-corrected chi connectivity index (χ4v) is 3.61. The van der Waals surface area contributed by atoms with Crippen molar-refractivity contribution in [1.82, 2.24) is 0 Å². The van der Waals surface area contributed by atoms with Crippen LogP contribution in [-0.4, -0.2) is 18.0 Å². The van der Waals surface area contributed by atoms with Crippen LogP contribution >= 0.6 is 11.3 Å². The third-order valence-corrected chi connectivity index (χ3v) is 4.64. The second-order valence-corrected chi connectivity index (χ2v) is 7.11. The molecule has 0 fully saturated rings. The SMILES string of the molecule is CCc1c(C)sc(NC(=O)/C=C/c2ccccc2)c1C(=O)OC(C)C. The van der Waals surface area contributed by atoms with Gasteiger partial charge in [-0.3, -0.25) is 4.79 Å². The predicted molar refractivity (Wildman–Crippen MR) is 103 cm³/mol. The molecule has 0 aliphatic heterocycles. The van der Waals surface area contributed by atoms with E-state index in [0.29, 0.717) is 17.0 Å². The molecule has 0 aliphatic rings. The highest BCUT2D eigenvalue weighted by Crippen LogP contribution is 2.34. The summed E-state index contributed by atoms with van der Waals surface area (Å²) in [6.07, 6.45) is 3.70. The molecule has 0 aliphatic carbocycles. The first-order valence-corrected chi connectivity index (χ1v) is 9.11. The number of nitrogens with one attached hydrogen (secondary N) is 1. The topological polar surface area (TPSA) is 55.4 Å². The van der Waals surface area contributed by atoms with Crippen LogP contribution < -0.4 is 5.32 Å². The highest BCUT2D eigenvalue weighted by molar-refractivity contribution is 7.16. The minimum Gasteiger partial charge on any atom is -0.459 e. The van der Waals surface area contributed by atoms with Gasteiger partial charge in [-0.2, -0.15) is 0 Å². The van der Waals surface area contributed by atoms with Crippen molar-refractivity contribution in [1.29, 1.82) is 0 Å². The Morgan fingerprint density at radius 3 is 2.52 bits per heavy atom. The number of thiophene rings is 1. The average molecular weight is 357 g/mol. The van der Waals surface area contributed by atoms with E-state index in [0.717, 1.165) is 16.0 Å². The number of rotatable bonds is 6. The zero-order valence-electron chi connectivity index (χ0n) is 15.0. The Labute approximate surface area is 152 Å². The number of hydrogen-bond acceptors (Lipinski definition) is 4. The van der Waals surface area contributed by atoms with Crippen LogP contribution in [0.25, 0.3) is 6.08 Å². The van der Waals surface area contributed by atoms with Gasteiger partial charge in [0, 0.05) is 11.0 Å². The van der Waals surface area contributed by atoms with E-state index in [-0.39, 0.29) is 12.0 Å². The van der Waals surface area contributed by atoms with Crippen LogP contribution in [0.2, 0.25) is 0 Å². The monoisotopic (exact) mass is 357 g/mol. The molecule has 25 heavy (non-hydrogen) atoms. The number of ether oxygens (including phenoxy) is 1. The molecule has 4 nitrogen and oxygen atoms in total. The number of anilines is 1. The highest BCUT2D eigenvalue weighted by atomic mass is 32.1. The quantitative estimate of drug-likeness (QED) is 0.595. The Morgan fingerprint density at radius 2 is 1.92 bits per heavy atom. The molecule has 1 heterocycles. The molecule has 132 valence electrons. The maximum atomic E-state index is 12.4. The molecular formula is C20H23NO3S. The number of carbonyl (C=O) groups excluding carboxylic acids is 2. The first-order valence-electron chi connectivity index (χ1n) is 8.29. The molecule has 0 atom stereocenters. The third kappa shape index (κ3) is 5.03.